The summed E-state index contributed by atoms with van der Waals surface area (Å²) in [6.45, 7) is 3.39. The molecule has 1 aromatic heterocycles. The molecule has 4 heteroatoms. The van der Waals surface area contributed by atoms with Gasteiger partial charge >= 0.3 is 6.09 Å². The minimum atomic E-state index is -0.797. The Bertz CT molecular complexity index is 610. The monoisotopic (exact) mass is 258 g/mol. The highest BCUT2D eigenvalue weighted by atomic mass is 16.4. The summed E-state index contributed by atoms with van der Waals surface area (Å²) >= 11 is 0. The largest absolute Gasteiger partial charge is 0.465 e. The molecule has 19 heavy (non-hydrogen) atoms. The normalized spacial score (nSPS) is 17.0. The highest BCUT2D eigenvalue weighted by molar-refractivity contribution is 5.85. The number of hydrogen-bond donors (Lipinski definition) is 2. The number of amides is 1. The average molecular weight is 258 g/mol. The summed E-state index contributed by atoms with van der Waals surface area (Å²) in [6, 6.07) is 8.34. The summed E-state index contributed by atoms with van der Waals surface area (Å²) in [5, 5.41) is 10.3. The van der Waals surface area contributed by atoms with Gasteiger partial charge in [0.1, 0.15) is 0 Å². The van der Waals surface area contributed by atoms with E-state index in [9.17, 15) is 4.79 Å². The first-order valence-electron chi connectivity index (χ1n) is 6.72. The molecule has 1 fully saturated rings. The summed E-state index contributed by atoms with van der Waals surface area (Å²) in [4.78, 5) is 15.9. The molecule has 4 nitrogen and oxygen atoms in total. The van der Waals surface area contributed by atoms with Gasteiger partial charge in [-0.1, -0.05) is 18.2 Å². The first-order chi connectivity index (χ1) is 9.16. The number of hydrogen-bond acceptors (Lipinski definition) is 1. The van der Waals surface area contributed by atoms with Crippen LogP contribution >= 0.6 is 0 Å². The van der Waals surface area contributed by atoms with Crippen LogP contribution in [0, 0.1) is 6.92 Å². The van der Waals surface area contributed by atoms with Gasteiger partial charge in [0.2, 0.25) is 0 Å². The molecule has 0 saturated carbocycles. The summed E-state index contributed by atoms with van der Waals surface area (Å²) in [5.41, 5.74) is 3.77. The number of carbonyl (C=O) groups is 1. The lowest BCUT2D eigenvalue weighted by Crippen LogP contribution is -2.36. The maximum atomic E-state index is 10.9. The molecule has 0 aliphatic carbocycles. The van der Waals surface area contributed by atoms with E-state index in [1.807, 2.05) is 6.07 Å². The first-order valence-corrected chi connectivity index (χ1v) is 6.72. The number of para-hydroxylation sites is 1. The van der Waals surface area contributed by atoms with Crippen LogP contribution in [0.4, 0.5) is 4.79 Å². The molecular weight excluding hydrogens is 240 g/mol. The fourth-order valence-corrected chi connectivity index (χ4v) is 3.18. The van der Waals surface area contributed by atoms with Crippen molar-refractivity contribution in [2.24, 2.45) is 0 Å². The van der Waals surface area contributed by atoms with Crippen molar-refractivity contribution >= 4 is 17.0 Å². The average Bonchev–Trinajstić information content (AvgIpc) is 2.74. The van der Waals surface area contributed by atoms with Crippen LogP contribution in [-0.2, 0) is 0 Å². The molecule has 1 amide bonds. The number of carboxylic acid groups (broad SMARTS) is 1. The molecular formula is C15H18N2O2. The van der Waals surface area contributed by atoms with Crippen molar-refractivity contribution in [2.45, 2.75) is 25.7 Å². The van der Waals surface area contributed by atoms with Gasteiger partial charge in [-0.3, -0.25) is 0 Å². The number of fused-ring (bicyclic) bond motifs is 1. The minimum absolute atomic E-state index is 0.465. The lowest BCUT2D eigenvalue weighted by atomic mass is 9.87. The molecule has 100 valence electrons. The number of benzene rings is 1. The maximum Gasteiger partial charge on any atom is 0.407 e. The fraction of sp³-hybridized carbons (Fsp3) is 0.400. The van der Waals surface area contributed by atoms with Crippen molar-refractivity contribution in [3.8, 4) is 0 Å². The number of nitrogens with one attached hydrogen (secondary N) is 1. The molecule has 0 atom stereocenters. The SMILES string of the molecule is Cc1[nH]c2ccccc2c1C1CCN(C(=O)O)CC1. The fourth-order valence-electron chi connectivity index (χ4n) is 3.18. The van der Waals surface area contributed by atoms with E-state index in [2.05, 4.69) is 30.1 Å². The topological polar surface area (TPSA) is 56.3 Å². The lowest BCUT2D eigenvalue weighted by Gasteiger charge is -2.30. The van der Waals surface area contributed by atoms with Crippen molar-refractivity contribution < 1.29 is 9.90 Å². The van der Waals surface area contributed by atoms with Gasteiger partial charge in [-0.25, -0.2) is 4.79 Å². The van der Waals surface area contributed by atoms with E-state index >= 15 is 0 Å². The molecule has 0 unspecified atom stereocenters. The third kappa shape index (κ3) is 2.07. The Hall–Kier alpha value is -1.97. The number of aromatic nitrogens is 1. The number of aromatic amines is 1. The Kier molecular flexibility index (Phi) is 2.93. The smallest absolute Gasteiger partial charge is 0.407 e. The number of aryl methyl sites for hydroxylation is 1. The van der Waals surface area contributed by atoms with Crippen LogP contribution in [0.25, 0.3) is 10.9 Å². The van der Waals surface area contributed by atoms with Crippen LogP contribution in [0.15, 0.2) is 24.3 Å². The van der Waals surface area contributed by atoms with Crippen LogP contribution in [-0.4, -0.2) is 34.2 Å². The summed E-state index contributed by atoms with van der Waals surface area (Å²) < 4.78 is 0. The second-order valence-corrected chi connectivity index (χ2v) is 5.25. The zero-order valence-electron chi connectivity index (χ0n) is 11.0. The highest BCUT2D eigenvalue weighted by Crippen LogP contribution is 2.35. The van der Waals surface area contributed by atoms with Gasteiger partial charge in [0, 0.05) is 29.7 Å². The summed E-state index contributed by atoms with van der Waals surface area (Å²) in [6.07, 6.45) is 1.03. The van der Waals surface area contributed by atoms with E-state index in [0.717, 1.165) is 12.8 Å². The highest BCUT2D eigenvalue weighted by Gasteiger charge is 2.26. The van der Waals surface area contributed by atoms with Crippen molar-refractivity contribution in [3.63, 3.8) is 0 Å². The quantitative estimate of drug-likeness (QED) is 0.824. The molecule has 3 rings (SSSR count). The summed E-state index contributed by atoms with van der Waals surface area (Å²) in [7, 11) is 0. The van der Waals surface area contributed by atoms with Gasteiger partial charge in [0.05, 0.1) is 0 Å². The van der Waals surface area contributed by atoms with Crippen LogP contribution < -0.4 is 0 Å². The first kappa shape index (κ1) is 12.1. The molecule has 0 bridgehead atoms. The Balaban J connectivity index is 1.89. The van der Waals surface area contributed by atoms with Crippen molar-refractivity contribution in [3.05, 3.63) is 35.5 Å². The standard InChI is InChI=1S/C15H18N2O2/c1-10-14(12-4-2-3-5-13(12)16-10)11-6-8-17(9-7-11)15(18)19/h2-5,11,16H,6-9H2,1H3,(H,18,19). The van der Waals surface area contributed by atoms with Crippen LogP contribution in [0.2, 0.25) is 0 Å². The predicted molar refractivity (Wildman–Crippen MR) is 74.6 cm³/mol. The van der Waals surface area contributed by atoms with E-state index in [1.54, 1.807) is 0 Å². The summed E-state index contributed by atoms with van der Waals surface area (Å²) in [5.74, 6) is 0.465. The van der Waals surface area contributed by atoms with Gasteiger partial charge in [-0.2, -0.15) is 0 Å². The van der Waals surface area contributed by atoms with Crippen LogP contribution in [0.1, 0.15) is 30.0 Å². The molecule has 2 heterocycles. The van der Waals surface area contributed by atoms with Gasteiger partial charge in [-0.15, -0.1) is 0 Å². The molecule has 2 N–H and O–H groups in total. The van der Waals surface area contributed by atoms with E-state index in [4.69, 9.17) is 5.11 Å². The van der Waals surface area contributed by atoms with Crippen molar-refractivity contribution in [1.29, 1.82) is 0 Å². The predicted octanol–water partition coefficient (Wildman–Crippen LogP) is 3.33. The van der Waals surface area contributed by atoms with E-state index in [-0.39, 0.29) is 0 Å². The zero-order chi connectivity index (χ0) is 13.4. The van der Waals surface area contributed by atoms with Gasteiger partial charge < -0.3 is 15.0 Å². The van der Waals surface area contributed by atoms with Gasteiger partial charge in [0.15, 0.2) is 0 Å². The second kappa shape index (κ2) is 4.61. The molecule has 1 saturated heterocycles. The molecule has 1 aliphatic rings. The van der Waals surface area contributed by atoms with Gasteiger partial charge in [-0.05, 0) is 37.3 Å². The number of likely N-dealkylation sites (tertiary alicyclic amines) is 1. The van der Waals surface area contributed by atoms with Crippen LogP contribution in [0.5, 0.6) is 0 Å². The minimum Gasteiger partial charge on any atom is -0.465 e. The molecule has 1 aromatic carbocycles. The second-order valence-electron chi connectivity index (χ2n) is 5.25. The molecule has 0 radical (unpaired) electrons. The number of nitrogens with zero attached hydrogens (tertiary/aromatic N) is 1. The maximum absolute atomic E-state index is 10.9. The third-order valence-corrected chi connectivity index (χ3v) is 4.12. The van der Waals surface area contributed by atoms with Crippen molar-refractivity contribution in [1.82, 2.24) is 9.88 Å². The number of rotatable bonds is 1. The Labute approximate surface area is 112 Å². The van der Waals surface area contributed by atoms with Crippen LogP contribution in [0.3, 0.4) is 0 Å². The number of H-pyrrole nitrogens is 1. The van der Waals surface area contributed by atoms with E-state index in [1.165, 1.54) is 27.1 Å². The van der Waals surface area contributed by atoms with Crippen molar-refractivity contribution in [2.75, 3.05) is 13.1 Å². The molecule has 0 spiro atoms. The number of piperidine rings is 1. The van der Waals surface area contributed by atoms with E-state index < -0.39 is 6.09 Å². The molecule has 2 aromatic rings. The molecule has 1 aliphatic heterocycles. The Morgan fingerprint density at radius 2 is 2.00 bits per heavy atom. The Morgan fingerprint density at radius 3 is 2.68 bits per heavy atom. The Morgan fingerprint density at radius 1 is 1.32 bits per heavy atom. The third-order valence-electron chi connectivity index (χ3n) is 4.12. The van der Waals surface area contributed by atoms with E-state index in [0.29, 0.717) is 19.0 Å². The zero-order valence-corrected chi connectivity index (χ0v) is 11.0. The van der Waals surface area contributed by atoms with Gasteiger partial charge in [0.25, 0.3) is 0 Å². The lowest BCUT2D eigenvalue weighted by molar-refractivity contribution is 0.132.